The van der Waals surface area contributed by atoms with Gasteiger partial charge in [0.25, 0.3) is 11.7 Å². The van der Waals surface area contributed by atoms with E-state index < -0.39 is 17.7 Å². The molecule has 2 heterocycles. The van der Waals surface area contributed by atoms with Gasteiger partial charge in [-0.25, -0.2) is 0 Å². The average molecular weight is 490 g/mol. The van der Waals surface area contributed by atoms with E-state index in [1.807, 2.05) is 66.9 Å². The summed E-state index contributed by atoms with van der Waals surface area (Å²) < 4.78 is 5.55. The zero-order valence-corrected chi connectivity index (χ0v) is 19.8. The lowest BCUT2D eigenvalue weighted by molar-refractivity contribution is -0.132. The molecule has 7 heteroatoms. The summed E-state index contributed by atoms with van der Waals surface area (Å²) in [5, 5.41) is 15.4. The molecule has 0 radical (unpaired) electrons. The Morgan fingerprint density at radius 3 is 2.62 bits per heavy atom. The number of ether oxygens (including phenoxy) is 1. The van der Waals surface area contributed by atoms with Crippen LogP contribution >= 0.6 is 22.9 Å². The van der Waals surface area contributed by atoms with Crippen LogP contribution in [0.15, 0.2) is 83.7 Å². The van der Waals surface area contributed by atoms with Gasteiger partial charge >= 0.3 is 0 Å². The van der Waals surface area contributed by atoms with Gasteiger partial charge in [-0.15, -0.1) is 11.3 Å². The van der Waals surface area contributed by atoms with Gasteiger partial charge in [0.2, 0.25) is 0 Å². The summed E-state index contributed by atoms with van der Waals surface area (Å²) in [5.74, 6) is -1.30. The predicted octanol–water partition coefficient (Wildman–Crippen LogP) is 6.58. The Hall–Kier alpha value is -3.61. The molecule has 1 N–H and O–H groups in total. The molecule has 170 valence electrons. The van der Waals surface area contributed by atoms with Crippen LogP contribution in [0.3, 0.4) is 0 Å². The molecule has 0 aliphatic carbocycles. The Bertz CT molecular complexity index is 1440. The van der Waals surface area contributed by atoms with Crippen molar-refractivity contribution in [3.8, 4) is 5.75 Å². The minimum Gasteiger partial charge on any atom is -0.507 e. The van der Waals surface area contributed by atoms with Crippen LogP contribution in [0.1, 0.15) is 23.4 Å². The second-order valence-corrected chi connectivity index (χ2v) is 9.15. The Morgan fingerprint density at radius 2 is 1.85 bits per heavy atom. The number of hydrogen-bond acceptors (Lipinski definition) is 5. The molecule has 5 rings (SSSR count). The van der Waals surface area contributed by atoms with Crippen molar-refractivity contribution in [1.29, 1.82) is 0 Å². The number of carbonyl (C=O) groups is 2. The van der Waals surface area contributed by atoms with Gasteiger partial charge in [-0.2, -0.15) is 0 Å². The zero-order valence-electron chi connectivity index (χ0n) is 18.2. The number of aliphatic hydroxyl groups excluding tert-OH is 1. The molecule has 34 heavy (non-hydrogen) atoms. The number of halogens is 1. The first-order chi connectivity index (χ1) is 16.5. The SMILES string of the molecule is CCOc1cc(/C(O)=C2/C(=O)C(=O)N(c3cccc4ccccc34)C2c2cccs2)ccc1Cl. The molecule has 1 atom stereocenters. The van der Waals surface area contributed by atoms with Crippen LogP contribution in [0.25, 0.3) is 16.5 Å². The molecule has 0 bridgehead atoms. The second-order valence-electron chi connectivity index (χ2n) is 7.76. The number of Topliss-reactive ketones (excluding diaryl/α,β-unsaturated/α-hetero) is 1. The number of anilines is 1. The third kappa shape index (κ3) is 3.65. The summed E-state index contributed by atoms with van der Waals surface area (Å²) in [6.45, 7) is 2.22. The van der Waals surface area contributed by atoms with Crippen LogP contribution in [-0.4, -0.2) is 23.4 Å². The van der Waals surface area contributed by atoms with E-state index in [4.69, 9.17) is 16.3 Å². The van der Waals surface area contributed by atoms with Crippen LogP contribution in [0, 0.1) is 0 Å². The van der Waals surface area contributed by atoms with Crippen LogP contribution in [-0.2, 0) is 9.59 Å². The number of fused-ring (bicyclic) bond motifs is 1. The van der Waals surface area contributed by atoms with Gasteiger partial charge in [0.05, 0.1) is 22.9 Å². The maximum Gasteiger partial charge on any atom is 0.300 e. The number of thiophene rings is 1. The minimum atomic E-state index is -0.767. The van der Waals surface area contributed by atoms with E-state index in [1.165, 1.54) is 16.2 Å². The van der Waals surface area contributed by atoms with Crippen LogP contribution in [0.5, 0.6) is 5.75 Å². The Kier molecular flexibility index (Phi) is 5.86. The summed E-state index contributed by atoms with van der Waals surface area (Å²) in [4.78, 5) is 29.0. The van der Waals surface area contributed by atoms with Crippen molar-refractivity contribution in [2.75, 3.05) is 11.5 Å². The summed E-state index contributed by atoms with van der Waals surface area (Å²) in [5.41, 5.74) is 0.999. The van der Waals surface area contributed by atoms with E-state index in [2.05, 4.69) is 0 Å². The Labute approximate surface area is 205 Å². The lowest BCUT2D eigenvalue weighted by Gasteiger charge is -2.25. The molecule has 4 aromatic rings. The molecule has 1 aromatic heterocycles. The van der Waals surface area contributed by atoms with Crippen molar-refractivity contribution in [1.82, 2.24) is 0 Å². The van der Waals surface area contributed by atoms with Gasteiger partial charge in [-0.3, -0.25) is 14.5 Å². The molecular formula is C27H20ClNO4S. The van der Waals surface area contributed by atoms with Gasteiger partial charge < -0.3 is 9.84 Å². The van der Waals surface area contributed by atoms with Crippen LogP contribution < -0.4 is 9.64 Å². The Morgan fingerprint density at radius 1 is 1.06 bits per heavy atom. The van der Waals surface area contributed by atoms with Gasteiger partial charge in [0.1, 0.15) is 17.6 Å². The van der Waals surface area contributed by atoms with Gasteiger partial charge in [-0.05, 0) is 48.0 Å². The van der Waals surface area contributed by atoms with Crippen molar-refractivity contribution in [2.24, 2.45) is 0 Å². The van der Waals surface area contributed by atoms with Crippen LogP contribution in [0.2, 0.25) is 5.02 Å². The predicted molar refractivity (Wildman–Crippen MR) is 136 cm³/mol. The summed E-state index contributed by atoms with van der Waals surface area (Å²) >= 11 is 7.63. The monoisotopic (exact) mass is 489 g/mol. The fourth-order valence-corrected chi connectivity index (χ4v) is 5.28. The topological polar surface area (TPSA) is 66.8 Å². The van der Waals surface area contributed by atoms with E-state index in [0.29, 0.717) is 28.6 Å². The van der Waals surface area contributed by atoms with Gasteiger partial charge in [0, 0.05) is 15.8 Å². The molecule has 1 unspecified atom stereocenters. The number of carbonyl (C=O) groups excluding carboxylic acids is 2. The minimum absolute atomic E-state index is 0.0326. The molecule has 1 amide bonds. The normalized spacial score (nSPS) is 17.5. The van der Waals surface area contributed by atoms with Crippen molar-refractivity contribution >= 4 is 56.8 Å². The number of aliphatic hydroxyl groups is 1. The fourth-order valence-electron chi connectivity index (χ4n) is 4.29. The lowest BCUT2D eigenvalue weighted by Crippen LogP contribution is -2.29. The molecule has 3 aromatic carbocycles. The fraction of sp³-hybridized carbons (Fsp3) is 0.111. The third-order valence-electron chi connectivity index (χ3n) is 5.79. The number of rotatable bonds is 5. The Balaban J connectivity index is 1.73. The zero-order chi connectivity index (χ0) is 23.8. The molecule has 0 spiro atoms. The molecule has 1 aliphatic heterocycles. The summed E-state index contributed by atoms with van der Waals surface area (Å²) in [7, 11) is 0. The second kappa shape index (κ2) is 8.97. The first-order valence-electron chi connectivity index (χ1n) is 10.8. The average Bonchev–Trinajstić information content (AvgIpc) is 3.47. The third-order valence-corrected chi connectivity index (χ3v) is 7.02. The largest absolute Gasteiger partial charge is 0.507 e. The highest BCUT2D eigenvalue weighted by Gasteiger charge is 2.47. The molecule has 1 fully saturated rings. The van der Waals surface area contributed by atoms with E-state index in [0.717, 1.165) is 15.6 Å². The quantitative estimate of drug-likeness (QED) is 0.195. The number of amides is 1. The maximum atomic E-state index is 13.4. The van der Waals surface area contributed by atoms with Crippen LogP contribution in [0.4, 0.5) is 5.69 Å². The molecule has 0 saturated carbocycles. The van der Waals surface area contributed by atoms with Crippen molar-refractivity contribution in [3.63, 3.8) is 0 Å². The summed E-state index contributed by atoms with van der Waals surface area (Å²) in [6.07, 6.45) is 0. The number of nitrogens with zero attached hydrogens (tertiary/aromatic N) is 1. The lowest BCUT2D eigenvalue weighted by atomic mass is 9.99. The highest BCUT2D eigenvalue weighted by molar-refractivity contribution is 7.10. The molecular weight excluding hydrogens is 470 g/mol. The standard InChI is InChI=1S/C27H20ClNO4S/c1-2-33-21-15-17(12-13-19(21)28)25(30)23-24(22-11-6-14-34-22)29(27(32)26(23)31)20-10-5-8-16-7-3-4-9-18(16)20/h3-15,24,30H,2H2,1H3/b25-23-. The maximum absolute atomic E-state index is 13.4. The van der Waals surface area contributed by atoms with E-state index in [1.54, 1.807) is 18.2 Å². The number of benzene rings is 3. The van der Waals surface area contributed by atoms with Gasteiger partial charge in [0.15, 0.2) is 0 Å². The van der Waals surface area contributed by atoms with Crippen molar-refractivity contribution < 1.29 is 19.4 Å². The van der Waals surface area contributed by atoms with E-state index in [-0.39, 0.29) is 11.3 Å². The molecule has 1 aliphatic rings. The van der Waals surface area contributed by atoms with Crippen molar-refractivity contribution in [3.05, 3.63) is 99.2 Å². The highest BCUT2D eigenvalue weighted by atomic mass is 35.5. The first kappa shape index (κ1) is 22.2. The van der Waals surface area contributed by atoms with E-state index in [9.17, 15) is 14.7 Å². The molecule has 1 saturated heterocycles. The highest BCUT2D eigenvalue weighted by Crippen LogP contribution is 2.45. The first-order valence-corrected chi connectivity index (χ1v) is 12.0. The smallest absolute Gasteiger partial charge is 0.300 e. The molecule has 5 nitrogen and oxygen atoms in total. The van der Waals surface area contributed by atoms with Gasteiger partial charge in [-0.1, -0.05) is 54.1 Å². The van der Waals surface area contributed by atoms with Crippen molar-refractivity contribution in [2.45, 2.75) is 13.0 Å². The van der Waals surface area contributed by atoms with E-state index >= 15 is 0 Å². The number of hydrogen-bond donors (Lipinski definition) is 1. The summed E-state index contributed by atoms with van der Waals surface area (Å²) in [6, 6.07) is 21.1. The number of ketones is 1.